The number of likely N-dealkylation sites (N-methyl/N-ethyl adjacent to an activating group) is 1. The number of pyridine rings is 1. The summed E-state index contributed by atoms with van der Waals surface area (Å²) in [6.45, 7) is 6.32. The Labute approximate surface area is 202 Å². The maximum absolute atomic E-state index is 13.3. The van der Waals surface area contributed by atoms with E-state index < -0.39 is 10.0 Å². The summed E-state index contributed by atoms with van der Waals surface area (Å²) in [5, 5.41) is 0. The largest absolute Gasteiger partial charge is 0.491 e. The Bertz CT molecular complexity index is 1080. The van der Waals surface area contributed by atoms with Crippen molar-refractivity contribution in [2.45, 2.75) is 32.5 Å². The topological polar surface area (TPSA) is 101 Å². The van der Waals surface area contributed by atoms with Crippen molar-refractivity contribution in [3.63, 3.8) is 0 Å². The van der Waals surface area contributed by atoms with Gasteiger partial charge in [-0.15, -0.1) is 0 Å². The quantitative estimate of drug-likeness (QED) is 0.687. The molecule has 0 unspecified atom stereocenters. The highest BCUT2D eigenvalue weighted by Crippen LogP contribution is 2.27. The van der Waals surface area contributed by atoms with Crippen LogP contribution >= 0.6 is 0 Å². The molecule has 0 saturated carbocycles. The molecular weight excluding hydrogens is 456 g/mol. The molecular formula is C24H34N4O5S. The number of hydrogen-bond donors (Lipinski definition) is 1. The number of sulfonamides is 1. The Morgan fingerprint density at radius 2 is 1.97 bits per heavy atom. The predicted octanol–water partition coefficient (Wildman–Crippen LogP) is 2.46. The van der Waals surface area contributed by atoms with Crippen LogP contribution in [0.1, 0.15) is 29.9 Å². The Kier molecular flexibility index (Phi) is 8.51. The maximum atomic E-state index is 13.3. The monoisotopic (exact) mass is 490 g/mol. The number of nitrogens with zero attached hydrogens (tertiary/aromatic N) is 3. The highest BCUT2D eigenvalue weighted by molar-refractivity contribution is 7.92. The van der Waals surface area contributed by atoms with Gasteiger partial charge in [-0.2, -0.15) is 0 Å². The average Bonchev–Trinajstić information content (AvgIpc) is 2.79. The second kappa shape index (κ2) is 11.2. The van der Waals surface area contributed by atoms with Crippen molar-refractivity contribution in [3.05, 3.63) is 53.9 Å². The Balaban J connectivity index is 1.96. The summed E-state index contributed by atoms with van der Waals surface area (Å²) in [5.74, 6) is 0.270. The number of anilines is 1. The molecule has 1 aliphatic heterocycles. The lowest BCUT2D eigenvalue weighted by atomic mass is 10.0. The normalized spacial score (nSPS) is 22.8. The van der Waals surface area contributed by atoms with E-state index in [0.29, 0.717) is 36.7 Å². The van der Waals surface area contributed by atoms with Crippen molar-refractivity contribution in [2.24, 2.45) is 5.92 Å². The van der Waals surface area contributed by atoms with Crippen LogP contribution in [0.15, 0.2) is 42.6 Å². The number of hydrogen-bond acceptors (Lipinski definition) is 7. The number of nitrogens with one attached hydrogen (secondary N) is 1. The first-order valence-electron chi connectivity index (χ1n) is 11.2. The molecule has 3 atom stereocenters. The molecule has 34 heavy (non-hydrogen) atoms. The number of rotatable bonds is 5. The SMILES string of the molecule is CO[C@@H]1CN(C)C(=O)c2cc(NS(C)(=O)=O)ccc2OC[C@H](C)N(Cc2ccccn2)C[C@@H]1C. The van der Waals surface area contributed by atoms with E-state index in [9.17, 15) is 13.2 Å². The van der Waals surface area contributed by atoms with Crippen molar-refractivity contribution < 1.29 is 22.7 Å². The molecule has 2 heterocycles. The fourth-order valence-electron chi connectivity index (χ4n) is 4.05. The molecule has 0 radical (unpaired) electrons. The highest BCUT2D eigenvalue weighted by atomic mass is 32.2. The fraction of sp³-hybridized carbons (Fsp3) is 0.500. The summed E-state index contributed by atoms with van der Waals surface area (Å²) in [6, 6.07) is 10.6. The van der Waals surface area contributed by atoms with E-state index in [1.807, 2.05) is 18.2 Å². The zero-order chi connectivity index (χ0) is 24.9. The lowest BCUT2D eigenvalue weighted by Gasteiger charge is -2.35. The van der Waals surface area contributed by atoms with Crippen molar-refractivity contribution in [2.75, 3.05) is 44.8 Å². The zero-order valence-corrected chi connectivity index (χ0v) is 21.2. The molecule has 0 saturated heterocycles. The van der Waals surface area contributed by atoms with E-state index >= 15 is 0 Å². The molecule has 0 fully saturated rings. The molecule has 186 valence electrons. The second-order valence-electron chi connectivity index (χ2n) is 8.93. The number of carbonyl (C=O) groups excluding carboxylic acids is 1. The number of fused-ring (bicyclic) bond motifs is 1. The van der Waals surface area contributed by atoms with Crippen molar-refractivity contribution in [3.8, 4) is 5.75 Å². The van der Waals surface area contributed by atoms with E-state index in [0.717, 1.165) is 18.5 Å². The molecule has 1 N–H and O–H groups in total. The first-order chi connectivity index (χ1) is 16.1. The van der Waals surface area contributed by atoms with E-state index in [1.165, 1.54) is 6.07 Å². The molecule has 1 aromatic carbocycles. The molecule has 3 rings (SSSR count). The van der Waals surface area contributed by atoms with Gasteiger partial charge in [-0.3, -0.25) is 19.4 Å². The van der Waals surface area contributed by atoms with Gasteiger partial charge in [-0.25, -0.2) is 8.42 Å². The van der Waals surface area contributed by atoms with Gasteiger partial charge in [0.1, 0.15) is 12.4 Å². The van der Waals surface area contributed by atoms with Crippen LogP contribution in [0.2, 0.25) is 0 Å². The van der Waals surface area contributed by atoms with Gasteiger partial charge in [0.15, 0.2) is 0 Å². The minimum absolute atomic E-state index is 0.0240. The molecule has 1 aliphatic rings. The minimum Gasteiger partial charge on any atom is -0.491 e. The van der Waals surface area contributed by atoms with Crippen LogP contribution < -0.4 is 9.46 Å². The van der Waals surface area contributed by atoms with E-state index in [1.54, 1.807) is 37.4 Å². The van der Waals surface area contributed by atoms with Crippen molar-refractivity contribution in [1.29, 1.82) is 0 Å². The third kappa shape index (κ3) is 6.91. The van der Waals surface area contributed by atoms with Crippen LogP contribution in [0.25, 0.3) is 0 Å². The van der Waals surface area contributed by atoms with Crippen LogP contribution in [-0.4, -0.2) is 81.4 Å². The first kappa shape index (κ1) is 25.9. The van der Waals surface area contributed by atoms with E-state index in [2.05, 4.69) is 28.5 Å². The summed E-state index contributed by atoms with van der Waals surface area (Å²) in [4.78, 5) is 21.7. The van der Waals surface area contributed by atoms with Gasteiger partial charge in [0.2, 0.25) is 10.0 Å². The van der Waals surface area contributed by atoms with Crippen molar-refractivity contribution in [1.82, 2.24) is 14.8 Å². The molecule has 10 heteroatoms. The number of benzene rings is 1. The number of methoxy groups -OCH3 is 1. The number of amides is 1. The van der Waals surface area contributed by atoms with Gasteiger partial charge < -0.3 is 14.4 Å². The lowest BCUT2D eigenvalue weighted by Crippen LogP contribution is -2.46. The van der Waals surface area contributed by atoms with Gasteiger partial charge >= 0.3 is 0 Å². The Morgan fingerprint density at radius 1 is 1.21 bits per heavy atom. The summed E-state index contributed by atoms with van der Waals surface area (Å²) in [6.07, 6.45) is 2.67. The number of carbonyl (C=O) groups is 1. The summed E-state index contributed by atoms with van der Waals surface area (Å²) >= 11 is 0. The van der Waals surface area contributed by atoms with E-state index in [-0.39, 0.29) is 24.0 Å². The minimum atomic E-state index is -3.49. The summed E-state index contributed by atoms with van der Waals surface area (Å²) < 4.78 is 37.7. The highest BCUT2D eigenvalue weighted by Gasteiger charge is 2.28. The molecule has 1 aromatic heterocycles. The smallest absolute Gasteiger partial charge is 0.257 e. The zero-order valence-electron chi connectivity index (χ0n) is 20.4. The van der Waals surface area contributed by atoms with E-state index in [4.69, 9.17) is 9.47 Å². The first-order valence-corrected chi connectivity index (χ1v) is 13.1. The third-order valence-corrected chi connectivity index (χ3v) is 6.57. The number of aromatic nitrogens is 1. The van der Waals surface area contributed by atoms with Gasteiger partial charge in [0.25, 0.3) is 5.91 Å². The summed E-state index contributed by atoms with van der Waals surface area (Å²) in [7, 11) is -0.123. The van der Waals surface area contributed by atoms with Crippen LogP contribution in [0, 0.1) is 5.92 Å². The lowest BCUT2D eigenvalue weighted by molar-refractivity contribution is 0.00901. The van der Waals surface area contributed by atoms with Crippen molar-refractivity contribution >= 4 is 21.6 Å². The maximum Gasteiger partial charge on any atom is 0.257 e. The van der Waals surface area contributed by atoms with Crippen LogP contribution in [0.3, 0.4) is 0 Å². The van der Waals surface area contributed by atoms with Gasteiger partial charge in [-0.05, 0) is 43.2 Å². The Hall–Kier alpha value is -2.69. The molecule has 2 aromatic rings. The molecule has 1 amide bonds. The average molecular weight is 491 g/mol. The molecule has 0 spiro atoms. The van der Waals surface area contributed by atoms with Crippen LogP contribution in [0.4, 0.5) is 5.69 Å². The van der Waals surface area contributed by atoms with Gasteiger partial charge in [-0.1, -0.05) is 13.0 Å². The molecule has 0 aliphatic carbocycles. The predicted molar refractivity (Wildman–Crippen MR) is 131 cm³/mol. The van der Waals surface area contributed by atoms with Crippen LogP contribution in [0.5, 0.6) is 5.75 Å². The third-order valence-electron chi connectivity index (χ3n) is 5.97. The second-order valence-corrected chi connectivity index (χ2v) is 10.7. The van der Waals surface area contributed by atoms with Gasteiger partial charge in [0, 0.05) is 51.7 Å². The molecule has 9 nitrogen and oxygen atoms in total. The Morgan fingerprint density at radius 3 is 2.62 bits per heavy atom. The van der Waals surface area contributed by atoms with Crippen LogP contribution in [-0.2, 0) is 21.3 Å². The number of ether oxygens (including phenoxy) is 2. The van der Waals surface area contributed by atoms with Gasteiger partial charge in [0.05, 0.1) is 23.6 Å². The fourth-order valence-corrected chi connectivity index (χ4v) is 4.60. The summed E-state index contributed by atoms with van der Waals surface area (Å²) in [5.41, 5.74) is 1.56. The molecule has 0 bridgehead atoms. The standard InChI is InChI=1S/C24H34N4O5S/c1-17-13-28(14-20-8-6-7-11-25-20)18(2)16-33-22-10-9-19(26-34(5,30)31)12-21(22)24(29)27(3)15-23(17)32-4/h6-12,17-18,23,26H,13-16H2,1-5H3/t17-,18-,23+/m0/s1.